The highest BCUT2D eigenvalue weighted by Gasteiger charge is 2.06. The molecule has 2 rings (SSSR count). The van der Waals surface area contributed by atoms with Crippen LogP contribution >= 0.6 is 27.5 Å². The van der Waals surface area contributed by atoms with E-state index < -0.39 is 0 Å². The monoisotopic (exact) mass is 353 g/mol. The van der Waals surface area contributed by atoms with Crippen molar-refractivity contribution in [2.45, 2.75) is 19.4 Å². The number of hydrogen-bond acceptors (Lipinski definition) is 2. The van der Waals surface area contributed by atoms with Gasteiger partial charge in [-0.05, 0) is 59.1 Å². The first-order valence-electron chi connectivity index (χ1n) is 6.43. The molecule has 1 atom stereocenters. The molecule has 0 spiro atoms. The maximum atomic E-state index is 5.89. The topological polar surface area (TPSA) is 21.3 Å². The predicted octanol–water partition coefficient (Wildman–Crippen LogP) is 5.15. The van der Waals surface area contributed by atoms with Gasteiger partial charge >= 0.3 is 0 Å². The summed E-state index contributed by atoms with van der Waals surface area (Å²) in [5.41, 5.74) is 2.31. The van der Waals surface area contributed by atoms with Gasteiger partial charge in [-0.2, -0.15) is 0 Å². The maximum Gasteiger partial charge on any atom is 0.135 e. The average Bonchev–Trinajstić information content (AvgIpc) is 2.43. The largest absolute Gasteiger partial charge is 0.495 e. The first kappa shape index (κ1) is 15.2. The molecule has 0 aliphatic heterocycles. The zero-order chi connectivity index (χ0) is 14.5. The van der Waals surface area contributed by atoms with Crippen molar-refractivity contribution in [3.63, 3.8) is 0 Å². The molecule has 0 aliphatic carbocycles. The van der Waals surface area contributed by atoms with Gasteiger partial charge < -0.3 is 10.1 Å². The Morgan fingerprint density at radius 3 is 2.55 bits per heavy atom. The molecule has 106 valence electrons. The van der Waals surface area contributed by atoms with E-state index in [-0.39, 0.29) is 0 Å². The second kappa shape index (κ2) is 7.00. The van der Waals surface area contributed by atoms with Gasteiger partial charge in [0.2, 0.25) is 0 Å². The van der Waals surface area contributed by atoms with Crippen LogP contribution in [0.5, 0.6) is 5.75 Å². The van der Waals surface area contributed by atoms with Gasteiger partial charge in [0.05, 0.1) is 11.6 Å². The fourth-order valence-corrected chi connectivity index (χ4v) is 2.59. The van der Waals surface area contributed by atoms with Gasteiger partial charge in [-0.25, -0.2) is 0 Å². The first-order chi connectivity index (χ1) is 9.58. The lowest BCUT2D eigenvalue weighted by molar-refractivity contribution is 0.412. The lowest BCUT2D eigenvalue weighted by atomic mass is 10.1. The summed E-state index contributed by atoms with van der Waals surface area (Å²) in [7, 11) is 1.67. The van der Waals surface area contributed by atoms with Crippen molar-refractivity contribution < 1.29 is 4.74 Å². The van der Waals surface area contributed by atoms with E-state index in [1.54, 1.807) is 7.11 Å². The number of methoxy groups -OCH3 is 1. The molecule has 20 heavy (non-hydrogen) atoms. The summed E-state index contributed by atoms with van der Waals surface area (Å²) in [5.74, 6) is 0.827. The van der Waals surface area contributed by atoms with Crippen molar-refractivity contribution in [3.05, 3.63) is 57.5 Å². The summed E-state index contributed by atoms with van der Waals surface area (Å²) in [6.45, 7) is 2.16. The molecule has 0 saturated heterocycles. The number of anilines is 1. The first-order valence-corrected chi connectivity index (χ1v) is 7.60. The Morgan fingerprint density at radius 1 is 1.20 bits per heavy atom. The minimum absolute atomic E-state index is 0.321. The lowest BCUT2D eigenvalue weighted by Crippen LogP contribution is -2.18. The van der Waals surface area contributed by atoms with E-state index in [1.807, 2.05) is 30.3 Å². The number of nitrogens with one attached hydrogen (secondary N) is 1. The Bertz CT molecular complexity index is 571. The van der Waals surface area contributed by atoms with Crippen molar-refractivity contribution in [3.8, 4) is 5.75 Å². The molecule has 1 N–H and O–H groups in total. The third-order valence-electron chi connectivity index (χ3n) is 3.02. The molecule has 0 radical (unpaired) electrons. The smallest absolute Gasteiger partial charge is 0.135 e. The minimum Gasteiger partial charge on any atom is -0.495 e. The number of rotatable bonds is 5. The van der Waals surface area contributed by atoms with Crippen LogP contribution in [-0.2, 0) is 6.42 Å². The van der Waals surface area contributed by atoms with Crippen LogP contribution < -0.4 is 10.1 Å². The van der Waals surface area contributed by atoms with Crippen LogP contribution in [0.3, 0.4) is 0 Å². The standard InChI is InChI=1S/C16H17BrClNO/c1-11(9-12-3-5-13(18)6-4-12)19-14-7-8-15(17)16(10-14)20-2/h3-8,10-11,19H,9H2,1-2H3. The molecule has 0 saturated carbocycles. The summed E-state index contributed by atoms with van der Waals surface area (Å²) in [6.07, 6.45) is 0.940. The zero-order valence-corrected chi connectivity index (χ0v) is 13.8. The van der Waals surface area contributed by atoms with Crippen molar-refractivity contribution >= 4 is 33.2 Å². The molecule has 0 heterocycles. The molecular formula is C16H17BrClNO. The van der Waals surface area contributed by atoms with Gasteiger partial charge in [-0.3, -0.25) is 0 Å². The highest BCUT2D eigenvalue weighted by molar-refractivity contribution is 9.10. The SMILES string of the molecule is COc1cc(NC(C)Cc2ccc(Cl)cc2)ccc1Br. The summed E-state index contributed by atoms with van der Waals surface area (Å²) in [4.78, 5) is 0. The van der Waals surface area contributed by atoms with E-state index in [0.717, 1.165) is 27.4 Å². The molecule has 2 aromatic rings. The fourth-order valence-electron chi connectivity index (χ4n) is 2.06. The molecule has 0 amide bonds. The highest BCUT2D eigenvalue weighted by Crippen LogP contribution is 2.28. The predicted molar refractivity (Wildman–Crippen MR) is 88.9 cm³/mol. The van der Waals surface area contributed by atoms with Gasteiger partial charge in [0, 0.05) is 22.8 Å². The molecule has 1 unspecified atom stereocenters. The van der Waals surface area contributed by atoms with E-state index in [1.165, 1.54) is 5.56 Å². The number of hydrogen-bond donors (Lipinski definition) is 1. The second-order valence-electron chi connectivity index (χ2n) is 4.73. The van der Waals surface area contributed by atoms with E-state index in [0.29, 0.717) is 6.04 Å². The number of benzene rings is 2. The molecule has 0 bridgehead atoms. The summed E-state index contributed by atoms with van der Waals surface area (Å²) in [5, 5.41) is 4.24. The quantitative estimate of drug-likeness (QED) is 0.801. The third-order valence-corrected chi connectivity index (χ3v) is 3.93. The summed E-state index contributed by atoms with van der Waals surface area (Å²) in [6, 6.07) is 14.3. The summed E-state index contributed by atoms with van der Waals surface area (Å²) < 4.78 is 6.25. The minimum atomic E-state index is 0.321. The summed E-state index contributed by atoms with van der Waals surface area (Å²) >= 11 is 9.34. The number of ether oxygens (including phenoxy) is 1. The highest BCUT2D eigenvalue weighted by atomic mass is 79.9. The van der Waals surface area contributed by atoms with Crippen molar-refractivity contribution in [2.24, 2.45) is 0 Å². The Balaban J connectivity index is 2.00. The molecule has 0 aliphatic rings. The molecule has 2 aromatic carbocycles. The van der Waals surface area contributed by atoms with Crippen LogP contribution in [0.1, 0.15) is 12.5 Å². The van der Waals surface area contributed by atoms with E-state index >= 15 is 0 Å². The normalized spacial score (nSPS) is 12.0. The van der Waals surface area contributed by atoms with Crippen LogP contribution in [0.25, 0.3) is 0 Å². The van der Waals surface area contributed by atoms with Gasteiger partial charge in [-0.15, -0.1) is 0 Å². The van der Waals surface area contributed by atoms with Gasteiger partial charge in [0.25, 0.3) is 0 Å². The van der Waals surface area contributed by atoms with Gasteiger partial charge in [-0.1, -0.05) is 23.7 Å². The Hall–Kier alpha value is -1.19. The van der Waals surface area contributed by atoms with Gasteiger partial charge in [0.15, 0.2) is 0 Å². The lowest BCUT2D eigenvalue weighted by Gasteiger charge is -2.16. The van der Waals surface area contributed by atoms with Crippen LogP contribution in [-0.4, -0.2) is 13.2 Å². The molecule has 4 heteroatoms. The van der Waals surface area contributed by atoms with Crippen LogP contribution in [0.2, 0.25) is 5.02 Å². The van der Waals surface area contributed by atoms with Gasteiger partial charge in [0.1, 0.15) is 5.75 Å². The van der Waals surface area contributed by atoms with Crippen LogP contribution in [0.15, 0.2) is 46.9 Å². The van der Waals surface area contributed by atoms with E-state index in [9.17, 15) is 0 Å². The van der Waals surface area contributed by atoms with Crippen LogP contribution in [0, 0.1) is 0 Å². The van der Waals surface area contributed by atoms with Crippen molar-refractivity contribution in [1.29, 1.82) is 0 Å². The maximum absolute atomic E-state index is 5.89. The molecular weight excluding hydrogens is 338 g/mol. The van der Waals surface area contributed by atoms with Crippen molar-refractivity contribution in [1.82, 2.24) is 0 Å². The molecule has 2 nitrogen and oxygen atoms in total. The Morgan fingerprint density at radius 2 is 1.90 bits per heavy atom. The third kappa shape index (κ3) is 4.15. The Labute approximate surface area is 133 Å². The van der Waals surface area contributed by atoms with E-state index in [4.69, 9.17) is 16.3 Å². The average molecular weight is 355 g/mol. The molecule has 0 fully saturated rings. The molecule has 0 aromatic heterocycles. The van der Waals surface area contributed by atoms with Crippen LogP contribution in [0.4, 0.5) is 5.69 Å². The fraction of sp³-hybridized carbons (Fsp3) is 0.250. The van der Waals surface area contributed by atoms with E-state index in [2.05, 4.69) is 40.3 Å². The number of halogens is 2. The Kier molecular flexibility index (Phi) is 5.32. The van der Waals surface area contributed by atoms with Crippen molar-refractivity contribution in [2.75, 3.05) is 12.4 Å². The zero-order valence-electron chi connectivity index (χ0n) is 11.5. The second-order valence-corrected chi connectivity index (χ2v) is 6.02.